The number of nitriles is 1. The molecule has 0 fully saturated rings. The number of ether oxygens (including phenoxy) is 3. The number of hydrogen-bond acceptors (Lipinski definition) is 8. The molecule has 1 aromatic heterocycles. The molecule has 0 saturated carbocycles. The third-order valence-electron chi connectivity index (χ3n) is 4.52. The van der Waals surface area contributed by atoms with Crippen LogP contribution in [0.5, 0.6) is 17.2 Å². The Labute approximate surface area is 184 Å². The van der Waals surface area contributed by atoms with Crippen molar-refractivity contribution in [3.8, 4) is 34.6 Å². The molecular formula is C23H21N3O4S. The lowest BCUT2D eigenvalue weighted by Gasteiger charge is -2.13. The molecule has 31 heavy (non-hydrogen) atoms. The molecule has 0 atom stereocenters. The number of anilines is 1. The molecule has 1 N–H and O–H groups in total. The first-order valence-electron chi connectivity index (χ1n) is 9.24. The molecule has 0 aliphatic carbocycles. The van der Waals surface area contributed by atoms with Gasteiger partial charge in [0.1, 0.15) is 22.4 Å². The van der Waals surface area contributed by atoms with Gasteiger partial charge in [0.25, 0.3) is 0 Å². The molecular weight excluding hydrogens is 414 g/mol. The lowest BCUT2D eigenvalue weighted by Crippen LogP contribution is -2.03. The highest BCUT2D eigenvalue weighted by atomic mass is 32.1. The van der Waals surface area contributed by atoms with Crippen LogP contribution in [-0.4, -0.2) is 32.1 Å². The van der Waals surface area contributed by atoms with Crippen molar-refractivity contribution >= 4 is 28.4 Å². The quantitative estimate of drug-likeness (QED) is 0.392. The molecule has 1 heterocycles. The highest BCUT2D eigenvalue weighted by Crippen LogP contribution is 2.34. The fraction of sp³-hybridized carbons (Fsp3) is 0.174. The molecule has 0 unspecified atom stereocenters. The van der Waals surface area contributed by atoms with E-state index >= 15 is 0 Å². The van der Waals surface area contributed by atoms with Gasteiger partial charge in [-0.05, 0) is 37.3 Å². The zero-order valence-corrected chi connectivity index (χ0v) is 18.4. The summed E-state index contributed by atoms with van der Waals surface area (Å²) >= 11 is 1.36. The minimum absolute atomic E-state index is 0.147. The van der Waals surface area contributed by atoms with Gasteiger partial charge in [0.2, 0.25) is 0 Å². The maximum Gasteiger partial charge on any atom is 0.162 e. The molecule has 7 nitrogen and oxygen atoms in total. The first-order valence-corrected chi connectivity index (χ1v) is 10.1. The molecule has 2 aromatic carbocycles. The van der Waals surface area contributed by atoms with Crippen molar-refractivity contribution in [2.45, 2.75) is 6.92 Å². The molecule has 0 amide bonds. The van der Waals surface area contributed by atoms with Crippen LogP contribution >= 0.6 is 11.3 Å². The van der Waals surface area contributed by atoms with Gasteiger partial charge in [-0.2, -0.15) is 5.26 Å². The summed E-state index contributed by atoms with van der Waals surface area (Å²) in [6, 6.07) is 13.0. The topological polar surface area (TPSA) is 93.5 Å². The summed E-state index contributed by atoms with van der Waals surface area (Å²) in [6.07, 6.45) is 1.53. The fourth-order valence-electron chi connectivity index (χ4n) is 2.87. The van der Waals surface area contributed by atoms with Crippen molar-refractivity contribution in [2.24, 2.45) is 0 Å². The largest absolute Gasteiger partial charge is 0.497 e. The smallest absolute Gasteiger partial charge is 0.162 e. The predicted octanol–water partition coefficient (Wildman–Crippen LogP) is 5.02. The summed E-state index contributed by atoms with van der Waals surface area (Å²) in [4.78, 5) is 16.7. The van der Waals surface area contributed by atoms with Crippen LogP contribution in [0, 0.1) is 11.3 Å². The Morgan fingerprint density at radius 3 is 2.35 bits per heavy atom. The fourth-order valence-corrected chi connectivity index (χ4v) is 3.67. The minimum Gasteiger partial charge on any atom is -0.497 e. The van der Waals surface area contributed by atoms with Gasteiger partial charge in [-0.3, -0.25) is 4.79 Å². The molecule has 0 aliphatic rings. The van der Waals surface area contributed by atoms with Crippen LogP contribution in [0.15, 0.2) is 48.0 Å². The number of allylic oxidation sites excluding steroid dienone is 1. The second kappa shape index (κ2) is 9.78. The van der Waals surface area contributed by atoms with E-state index in [9.17, 15) is 10.1 Å². The lowest BCUT2D eigenvalue weighted by atomic mass is 10.1. The standard InChI is InChI=1S/C23H21N3O4S/c1-14(27)18-9-21(29-3)22(30-4)10-19(18)25-12-16(11-24)23-26-20(13-31-23)15-5-7-17(28-2)8-6-15/h5-10,12-13,25H,1-4H3. The van der Waals surface area contributed by atoms with Crippen LogP contribution in [0.25, 0.3) is 16.8 Å². The second-order valence-electron chi connectivity index (χ2n) is 6.39. The number of Topliss-reactive ketones (excluding diaryl/α,β-unsaturated/α-hetero) is 1. The SMILES string of the molecule is COc1ccc(-c2csc(C(C#N)=CNc3cc(OC)c(OC)cc3C(C)=O)n2)cc1. The van der Waals surface area contributed by atoms with Gasteiger partial charge in [-0.1, -0.05) is 0 Å². The average molecular weight is 436 g/mol. The van der Waals surface area contributed by atoms with E-state index in [1.165, 1.54) is 38.7 Å². The number of nitrogens with zero attached hydrogens (tertiary/aromatic N) is 2. The van der Waals surface area contributed by atoms with Gasteiger partial charge >= 0.3 is 0 Å². The lowest BCUT2D eigenvalue weighted by molar-refractivity contribution is 0.101. The van der Waals surface area contributed by atoms with E-state index in [4.69, 9.17) is 14.2 Å². The highest BCUT2D eigenvalue weighted by molar-refractivity contribution is 7.11. The van der Waals surface area contributed by atoms with Gasteiger partial charge in [0.05, 0.1) is 32.7 Å². The third kappa shape index (κ3) is 4.85. The van der Waals surface area contributed by atoms with Gasteiger partial charge in [0.15, 0.2) is 17.3 Å². The summed E-state index contributed by atoms with van der Waals surface area (Å²) in [5, 5.41) is 15.1. The summed E-state index contributed by atoms with van der Waals surface area (Å²) in [7, 11) is 4.64. The normalized spacial score (nSPS) is 10.9. The monoisotopic (exact) mass is 435 g/mol. The summed E-state index contributed by atoms with van der Waals surface area (Å²) in [5.41, 5.74) is 2.95. The molecule has 0 aliphatic heterocycles. The van der Waals surface area contributed by atoms with E-state index in [1.54, 1.807) is 19.2 Å². The third-order valence-corrected chi connectivity index (χ3v) is 5.39. The number of methoxy groups -OCH3 is 3. The maximum atomic E-state index is 12.1. The Morgan fingerprint density at radius 2 is 1.77 bits per heavy atom. The van der Waals surface area contributed by atoms with E-state index in [0.29, 0.717) is 33.3 Å². The molecule has 0 saturated heterocycles. The Balaban J connectivity index is 1.90. The molecule has 158 valence electrons. The van der Waals surface area contributed by atoms with Gasteiger partial charge in [-0.25, -0.2) is 4.98 Å². The van der Waals surface area contributed by atoms with Crippen molar-refractivity contribution < 1.29 is 19.0 Å². The van der Waals surface area contributed by atoms with E-state index in [0.717, 1.165) is 17.0 Å². The molecule has 3 rings (SSSR count). The number of carbonyl (C=O) groups excluding carboxylic acids is 1. The van der Waals surface area contributed by atoms with Crippen LogP contribution in [0.1, 0.15) is 22.3 Å². The van der Waals surface area contributed by atoms with E-state index in [1.807, 2.05) is 29.6 Å². The zero-order valence-electron chi connectivity index (χ0n) is 17.6. The Bertz CT molecular complexity index is 1160. The Morgan fingerprint density at radius 1 is 1.10 bits per heavy atom. The number of ketones is 1. The van der Waals surface area contributed by atoms with Gasteiger partial charge in [-0.15, -0.1) is 11.3 Å². The molecule has 0 spiro atoms. The number of aromatic nitrogens is 1. The van der Waals surface area contributed by atoms with Crippen LogP contribution in [-0.2, 0) is 0 Å². The number of carbonyl (C=O) groups is 1. The van der Waals surface area contributed by atoms with E-state index < -0.39 is 0 Å². The van der Waals surface area contributed by atoms with Crippen molar-refractivity contribution in [1.29, 1.82) is 5.26 Å². The number of nitrogens with one attached hydrogen (secondary N) is 1. The summed E-state index contributed by atoms with van der Waals surface area (Å²) in [5.74, 6) is 1.54. The average Bonchev–Trinajstić information content (AvgIpc) is 3.29. The number of benzene rings is 2. The van der Waals surface area contributed by atoms with E-state index in [-0.39, 0.29) is 5.78 Å². The minimum atomic E-state index is -0.147. The first-order chi connectivity index (χ1) is 15.0. The predicted molar refractivity (Wildman–Crippen MR) is 121 cm³/mol. The number of rotatable bonds is 8. The molecule has 3 aromatic rings. The van der Waals surface area contributed by atoms with Gasteiger partial charge < -0.3 is 19.5 Å². The van der Waals surface area contributed by atoms with Crippen LogP contribution in [0.2, 0.25) is 0 Å². The van der Waals surface area contributed by atoms with Crippen LogP contribution in [0.3, 0.4) is 0 Å². The zero-order chi connectivity index (χ0) is 22.4. The first kappa shape index (κ1) is 21.9. The van der Waals surface area contributed by atoms with Crippen LogP contribution < -0.4 is 19.5 Å². The van der Waals surface area contributed by atoms with Gasteiger partial charge in [0, 0.05) is 28.8 Å². The number of thiazole rings is 1. The van der Waals surface area contributed by atoms with Crippen molar-refractivity contribution in [2.75, 3.05) is 26.6 Å². The van der Waals surface area contributed by atoms with Crippen molar-refractivity contribution in [3.63, 3.8) is 0 Å². The maximum absolute atomic E-state index is 12.1. The molecule has 8 heteroatoms. The van der Waals surface area contributed by atoms with Crippen LogP contribution in [0.4, 0.5) is 5.69 Å². The molecule has 0 bridgehead atoms. The summed E-state index contributed by atoms with van der Waals surface area (Å²) in [6.45, 7) is 1.46. The second-order valence-corrected chi connectivity index (χ2v) is 7.25. The Kier molecular flexibility index (Phi) is 6.90. The Hall–Kier alpha value is -3.83. The summed E-state index contributed by atoms with van der Waals surface area (Å²) < 4.78 is 15.8. The molecule has 0 radical (unpaired) electrons. The van der Waals surface area contributed by atoms with Crippen molar-refractivity contribution in [3.05, 3.63) is 58.5 Å². The van der Waals surface area contributed by atoms with E-state index in [2.05, 4.69) is 16.4 Å². The van der Waals surface area contributed by atoms with Crippen molar-refractivity contribution in [1.82, 2.24) is 4.98 Å². The highest BCUT2D eigenvalue weighted by Gasteiger charge is 2.15. The number of hydrogen-bond donors (Lipinski definition) is 1.